The van der Waals surface area contributed by atoms with E-state index < -0.39 is 31.0 Å². The van der Waals surface area contributed by atoms with E-state index in [4.69, 9.17) is 4.74 Å². The maximum absolute atomic E-state index is 14.0. The van der Waals surface area contributed by atoms with E-state index in [1.165, 1.54) is 9.80 Å². The van der Waals surface area contributed by atoms with Crippen molar-refractivity contribution >= 4 is 39.7 Å². The maximum Gasteiger partial charge on any atom is 0.387 e. The Kier molecular flexibility index (Phi) is 8.37. The smallest absolute Gasteiger partial charge is 0.387 e. The van der Waals surface area contributed by atoms with Crippen LogP contribution in [0, 0.1) is 5.82 Å². The van der Waals surface area contributed by atoms with Gasteiger partial charge in [0.25, 0.3) is 11.8 Å². The lowest BCUT2D eigenvalue weighted by molar-refractivity contribution is -0.136. The molecule has 182 valence electrons. The molecule has 0 aromatic heterocycles. The second kappa shape index (κ2) is 11.2. The van der Waals surface area contributed by atoms with Crippen molar-refractivity contribution in [3.63, 3.8) is 0 Å². The minimum atomic E-state index is -3.10. The summed E-state index contributed by atoms with van der Waals surface area (Å²) < 4.78 is 48.4. The van der Waals surface area contributed by atoms with Gasteiger partial charge in [-0.15, -0.1) is 0 Å². The monoisotopic (exact) mass is 543 g/mol. The van der Waals surface area contributed by atoms with Crippen molar-refractivity contribution in [1.82, 2.24) is 9.80 Å². The Hall–Kier alpha value is -3.28. The minimum Gasteiger partial charge on any atom is -0.481 e. The molecule has 0 aliphatic carbocycles. The van der Waals surface area contributed by atoms with Crippen LogP contribution in [-0.4, -0.2) is 73.8 Å². The molecule has 12 heteroatoms. The van der Waals surface area contributed by atoms with Gasteiger partial charge >= 0.3 is 6.61 Å². The van der Waals surface area contributed by atoms with Gasteiger partial charge in [-0.2, -0.15) is 8.78 Å². The molecule has 8 nitrogen and oxygen atoms in total. The summed E-state index contributed by atoms with van der Waals surface area (Å²) >= 11 is 3.33. The lowest BCUT2D eigenvalue weighted by Crippen LogP contribution is -2.58. The number of hydrogen-bond acceptors (Lipinski definition) is 6. The molecule has 1 N–H and O–H groups in total. The van der Waals surface area contributed by atoms with Gasteiger partial charge in [-0.3, -0.25) is 9.59 Å². The SMILES string of the molecule is CNc1ccc(Br)cc1C(=O)N1CCN(C(=O)COc2ccc(OC(F)F)cc2F)CC1C=O. The molecule has 0 bridgehead atoms. The average Bonchev–Trinajstić information content (AvgIpc) is 2.82. The van der Waals surface area contributed by atoms with E-state index in [1.807, 2.05) is 0 Å². The van der Waals surface area contributed by atoms with Crippen molar-refractivity contribution in [1.29, 1.82) is 0 Å². The van der Waals surface area contributed by atoms with E-state index in [0.29, 0.717) is 22.0 Å². The fourth-order valence-electron chi connectivity index (χ4n) is 3.48. The van der Waals surface area contributed by atoms with Crippen molar-refractivity contribution in [3.8, 4) is 11.5 Å². The van der Waals surface area contributed by atoms with Crippen molar-refractivity contribution < 1.29 is 37.0 Å². The molecular formula is C22H21BrF3N3O5. The third-order valence-corrected chi connectivity index (χ3v) is 5.64. The van der Waals surface area contributed by atoms with Crippen LogP contribution in [0.5, 0.6) is 11.5 Å². The Morgan fingerprint density at radius 3 is 2.65 bits per heavy atom. The third kappa shape index (κ3) is 5.99. The summed E-state index contributed by atoms with van der Waals surface area (Å²) in [6.45, 7) is -3.44. The molecule has 2 aromatic carbocycles. The molecular weight excluding hydrogens is 523 g/mol. The number of amides is 2. The fraction of sp³-hybridized carbons (Fsp3) is 0.318. The third-order valence-electron chi connectivity index (χ3n) is 5.15. The standard InChI is InChI=1S/C22H21BrF3N3O5/c1-27-18-4-2-13(23)8-16(18)21(32)29-7-6-28(10-14(29)11-30)20(31)12-33-19-5-3-15(9-17(19)24)34-22(25)26/h2-5,8-9,11,14,22,27H,6-7,10,12H2,1H3. The van der Waals surface area contributed by atoms with Crippen LogP contribution in [0.25, 0.3) is 0 Å². The highest BCUT2D eigenvalue weighted by atomic mass is 79.9. The van der Waals surface area contributed by atoms with Crippen molar-refractivity contribution in [2.75, 3.05) is 38.6 Å². The van der Waals surface area contributed by atoms with Gasteiger partial charge in [-0.05, 0) is 30.3 Å². The molecule has 3 rings (SSSR count). The Bertz CT molecular complexity index is 1070. The van der Waals surface area contributed by atoms with Gasteiger partial charge in [0.1, 0.15) is 18.1 Å². The van der Waals surface area contributed by atoms with E-state index in [2.05, 4.69) is 26.0 Å². The number of halogens is 4. The number of alkyl halides is 2. The summed E-state index contributed by atoms with van der Waals surface area (Å²) in [5.74, 6) is -2.55. The Balaban J connectivity index is 1.62. The first kappa shape index (κ1) is 25.3. The Morgan fingerprint density at radius 1 is 1.24 bits per heavy atom. The molecule has 1 fully saturated rings. The van der Waals surface area contributed by atoms with Crippen LogP contribution in [0.2, 0.25) is 0 Å². The number of aldehydes is 1. The summed E-state index contributed by atoms with van der Waals surface area (Å²) in [5, 5.41) is 2.94. The highest BCUT2D eigenvalue weighted by Gasteiger charge is 2.33. The number of ether oxygens (including phenoxy) is 2. The van der Waals surface area contributed by atoms with Crippen LogP contribution in [-0.2, 0) is 9.59 Å². The number of anilines is 1. The highest BCUT2D eigenvalue weighted by molar-refractivity contribution is 9.10. The van der Waals surface area contributed by atoms with Crippen LogP contribution in [0.1, 0.15) is 10.4 Å². The molecule has 1 heterocycles. The molecule has 1 atom stereocenters. The molecule has 1 unspecified atom stereocenters. The van der Waals surface area contributed by atoms with Gasteiger partial charge in [0.2, 0.25) is 0 Å². The second-order valence-corrected chi connectivity index (χ2v) is 8.16. The highest BCUT2D eigenvalue weighted by Crippen LogP contribution is 2.25. The van der Waals surface area contributed by atoms with Crippen molar-refractivity contribution in [3.05, 3.63) is 52.3 Å². The zero-order valence-electron chi connectivity index (χ0n) is 18.0. The first-order valence-electron chi connectivity index (χ1n) is 10.1. The number of carbonyl (C=O) groups is 3. The molecule has 2 aromatic rings. The number of nitrogens with one attached hydrogen (secondary N) is 1. The maximum atomic E-state index is 14.0. The first-order chi connectivity index (χ1) is 16.2. The van der Waals surface area contributed by atoms with Crippen LogP contribution in [0.15, 0.2) is 40.9 Å². The van der Waals surface area contributed by atoms with Crippen LogP contribution < -0.4 is 14.8 Å². The van der Waals surface area contributed by atoms with E-state index in [0.717, 1.165) is 18.2 Å². The first-order valence-corrected chi connectivity index (χ1v) is 10.9. The topological polar surface area (TPSA) is 88.2 Å². The fourth-order valence-corrected chi connectivity index (χ4v) is 3.84. The van der Waals surface area contributed by atoms with Gasteiger partial charge in [0.05, 0.1) is 5.56 Å². The van der Waals surface area contributed by atoms with E-state index in [9.17, 15) is 27.6 Å². The summed E-state index contributed by atoms with van der Waals surface area (Å²) in [5.41, 5.74) is 0.971. The molecule has 1 aliphatic rings. The molecule has 0 spiro atoms. The summed E-state index contributed by atoms with van der Waals surface area (Å²) in [4.78, 5) is 40.1. The largest absolute Gasteiger partial charge is 0.481 e. The minimum absolute atomic E-state index is 0.0516. The summed E-state index contributed by atoms with van der Waals surface area (Å²) in [6.07, 6.45) is 0.594. The van der Waals surface area contributed by atoms with Gasteiger partial charge in [-0.1, -0.05) is 15.9 Å². The molecule has 0 radical (unpaired) electrons. The number of benzene rings is 2. The summed E-state index contributed by atoms with van der Waals surface area (Å²) in [6, 6.07) is 7.16. The van der Waals surface area contributed by atoms with E-state index >= 15 is 0 Å². The van der Waals surface area contributed by atoms with Crippen LogP contribution >= 0.6 is 15.9 Å². The molecule has 1 saturated heterocycles. The molecule has 2 amide bonds. The van der Waals surface area contributed by atoms with Crippen molar-refractivity contribution in [2.45, 2.75) is 12.7 Å². The lowest BCUT2D eigenvalue weighted by atomic mass is 10.1. The van der Waals surface area contributed by atoms with Gasteiger partial charge in [0.15, 0.2) is 18.2 Å². The Labute approximate surface area is 201 Å². The van der Waals surface area contributed by atoms with E-state index in [-0.39, 0.29) is 37.0 Å². The normalized spacial score (nSPS) is 15.8. The number of carbonyl (C=O) groups excluding carboxylic acids is 3. The average molecular weight is 544 g/mol. The molecule has 34 heavy (non-hydrogen) atoms. The van der Waals surface area contributed by atoms with Crippen molar-refractivity contribution in [2.24, 2.45) is 0 Å². The lowest BCUT2D eigenvalue weighted by Gasteiger charge is -2.39. The van der Waals surface area contributed by atoms with Gasteiger partial charge in [-0.25, -0.2) is 4.39 Å². The van der Waals surface area contributed by atoms with Gasteiger partial charge < -0.3 is 29.4 Å². The number of rotatable bonds is 8. The second-order valence-electron chi connectivity index (χ2n) is 7.24. The quantitative estimate of drug-likeness (QED) is 0.514. The predicted molar refractivity (Wildman–Crippen MR) is 120 cm³/mol. The Morgan fingerprint density at radius 2 is 2.00 bits per heavy atom. The number of piperazine rings is 1. The van der Waals surface area contributed by atoms with E-state index in [1.54, 1.807) is 25.2 Å². The number of hydrogen-bond donors (Lipinski definition) is 1. The molecule has 0 saturated carbocycles. The predicted octanol–water partition coefficient (Wildman–Crippen LogP) is 3.16. The zero-order chi connectivity index (χ0) is 24.8. The molecule has 1 aliphatic heterocycles. The summed E-state index contributed by atoms with van der Waals surface area (Å²) in [7, 11) is 1.68. The van der Waals surface area contributed by atoms with Gasteiger partial charge in [0, 0.05) is 42.9 Å². The van der Waals surface area contributed by atoms with Crippen LogP contribution in [0.4, 0.5) is 18.9 Å². The zero-order valence-corrected chi connectivity index (χ0v) is 19.6. The number of nitrogens with zero attached hydrogens (tertiary/aromatic N) is 2. The van der Waals surface area contributed by atoms with Crippen LogP contribution in [0.3, 0.4) is 0 Å².